The van der Waals surface area contributed by atoms with Crippen LogP contribution < -0.4 is 5.32 Å². The third kappa shape index (κ3) is 4.80. The van der Waals surface area contributed by atoms with Crippen LogP contribution in [0, 0.1) is 0 Å². The minimum Gasteiger partial charge on any atom is -0.352 e. The van der Waals surface area contributed by atoms with Gasteiger partial charge in [-0.15, -0.1) is 5.10 Å². The molecule has 0 spiro atoms. The normalized spacial score (nSPS) is 16.3. The monoisotopic (exact) mass is 361 g/mol. The number of amides is 1. The van der Waals surface area contributed by atoms with Gasteiger partial charge in [-0.2, -0.15) is 0 Å². The zero-order valence-corrected chi connectivity index (χ0v) is 15.4. The predicted octanol–water partition coefficient (Wildman–Crippen LogP) is 2.59. The van der Waals surface area contributed by atoms with E-state index in [9.17, 15) is 4.79 Å². The number of benzene rings is 1. The van der Waals surface area contributed by atoms with Gasteiger partial charge >= 0.3 is 0 Å². The molecule has 0 aliphatic carbocycles. The Hall–Kier alpha value is -1.92. The standard InChI is InChI=1S/C18H24ClN5O/c1-13(2)23-8-6-16(7-9-23)20-18(25)12-24-11-17(21-22-24)14-4-3-5-15(19)10-14/h3-5,10-11,13,16H,6-9,12H2,1-2H3,(H,20,25). The summed E-state index contributed by atoms with van der Waals surface area (Å²) in [6.45, 7) is 6.66. The summed E-state index contributed by atoms with van der Waals surface area (Å²) < 4.78 is 1.56. The molecule has 6 nitrogen and oxygen atoms in total. The molecule has 1 fully saturated rings. The second-order valence-electron chi connectivity index (χ2n) is 6.78. The highest BCUT2D eigenvalue weighted by molar-refractivity contribution is 6.30. The van der Waals surface area contributed by atoms with Crippen molar-refractivity contribution in [2.24, 2.45) is 0 Å². The number of halogens is 1. The lowest BCUT2D eigenvalue weighted by Crippen LogP contribution is -2.47. The van der Waals surface area contributed by atoms with E-state index in [0.29, 0.717) is 16.8 Å². The number of likely N-dealkylation sites (tertiary alicyclic amines) is 1. The molecule has 0 saturated carbocycles. The maximum absolute atomic E-state index is 12.3. The Morgan fingerprint density at radius 3 is 2.80 bits per heavy atom. The molecule has 25 heavy (non-hydrogen) atoms. The van der Waals surface area contributed by atoms with Gasteiger partial charge in [-0.1, -0.05) is 28.9 Å². The molecule has 1 N–H and O–H groups in total. The molecule has 3 rings (SSSR count). The molecule has 2 aromatic rings. The van der Waals surface area contributed by atoms with E-state index in [1.807, 2.05) is 24.3 Å². The maximum atomic E-state index is 12.3. The van der Waals surface area contributed by atoms with E-state index in [4.69, 9.17) is 11.6 Å². The lowest BCUT2D eigenvalue weighted by molar-refractivity contribution is -0.122. The summed E-state index contributed by atoms with van der Waals surface area (Å²) in [6.07, 6.45) is 3.76. The Labute approximate surface area is 153 Å². The Morgan fingerprint density at radius 2 is 2.12 bits per heavy atom. The number of carbonyl (C=O) groups excluding carboxylic acids is 1. The van der Waals surface area contributed by atoms with Gasteiger partial charge < -0.3 is 10.2 Å². The summed E-state index contributed by atoms with van der Waals surface area (Å²) in [7, 11) is 0. The quantitative estimate of drug-likeness (QED) is 0.889. The first-order valence-electron chi connectivity index (χ1n) is 8.71. The summed E-state index contributed by atoms with van der Waals surface area (Å²) in [6, 6.07) is 8.25. The van der Waals surface area contributed by atoms with Crippen LogP contribution >= 0.6 is 11.6 Å². The van der Waals surface area contributed by atoms with Crippen molar-refractivity contribution in [3.05, 3.63) is 35.5 Å². The number of nitrogens with one attached hydrogen (secondary N) is 1. The van der Waals surface area contributed by atoms with Crippen molar-refractivity contribution in [1.29, 1.82) is 0 Å². The van der Waals surface area contributed by atoms with E-state index in [0.717, 1.165) is 31.5 Å². The Balaban J connectivity index is 1.52. The van der Waals surface area contributed by atoms with E-state index in [2.05, 4.69) is 34.4 Å². The SMILES string of the molecule is CC(C)N1CCC(NC(=O)Cn2cc(-c3cccc(Cl)c3)nn2)CC1. The lowest BCUT2D eigenvalue weighted by atomic mass is 10.0. The van der Waals surface area contributed by atoms with Crippen LogP contribution in [0.4, 0.5) is 0 Å². The molecule has 1 aliphatic rings. The second-order valence-corrected chi connectivity index (χ2v) is 7.22. The van der Waals surface area contributed by atoms with Gasteiger partial charge in [-0.05, 0) is 38.8 Å². The molecule has 1 aromatic heterocycles. The highest BCUT2D eigenvalue weighted by atomic mass is 35.5. The molecule has 0 bridgehead atoms. The number of rotatable bonds is 5. The van der Waals surface area contributed by atoms with Crippen molar-refractivity contribution in [2.45, 2.75) is 45.3 Å². The zero-order valence-electron chi connectivity index (χ0n) is 14.7. The first-order valence-corrected chi connectivity index (χ1v) is 9.08. The number of piperidine rings is 1. The fourth-order valence-corrected chi connectivity index (χ4v) is 3.33. The first kappa shape index (κ1) is 17.9. The number of hydrogen-bond acceptors (Lipinski definition) is 4. The van der Waals surface area contributed by atoms with E-state index < -0.39 is 0 Å². The van der Waals surface area contributed by atoms with Crippen LogP contribution in [0.15, 0.2) is 30.5 Å². The highest BCUT2D eigenvalue weighted by Crippen LogP contribution is 2.20. The van der Waals surface area contributed by atoms with Crippen LogP contribution in [0.1, 0.15) is 26.7 Å². The van der Waals surface area contributed by atoms with Gasteiger partial charge in [0.25, 0.3) is 0 Å². The minimum atomic E-state index is -0.0226. The third-order valence-electron chi connectivity index (χ3n) is 4.59. The Morgan fingerprint density at radius 1 is 1.36 bits per heavy atom. The van der Waals surface area contributed by atoms with Crippen LogP contribution in [0.5, 0.6) is 0 Å². The summed E-state index contributed by atoms with van der Waals surface area (Å²) in [5, 5.41) is 11.9. The fourth-order valence-electron chi connectivity index (χ4n) is 3.14. The number of hydrogen-bond donors (Lipinski definition) is 1. The number of carbonyl (C=O) groups is 1. The van der Waals surface area contributed by atoms with Gasteiger partial charge in [0.15, 0.2) is 0 Å². The van der Waals surface area contributed by atoms with Gasteiger partial charge in [0.1, 0.15) is 12.2 Å². The lowest BCUT2D eigenvalue weighted by Gasteiger charge is -2.34. The van der Waals surface area contributed by atoms with Crippen molar-refractivity contribution in [3.63, 3.8) is 0 Å². The number of aromatic nitrogens is 3. The van der Waals surface area contributed by atoms with Crippen LogP contribution in [0.25, 0.3) is 11.3 Å². The van der Waals surface area contributed by atoms with Crippen LogP contribution in [0.3, 0.4) is 0 Å². The second kappa shape index (κ2) is 7.97. The van der Waals surface area contributed by atoms with Crippen molar-refractivity contribution in [3.8, 4) is 11.3 Å². The summed E-state index contributed by atoms with van der Waals surface area (Å²) in [5.41, 5.74) is 1.60. The van der Waals surface area contributed by atoms with Crippen molar-refractivity contribution in [1.82, 2.24) is 25.2 Å². The van der Waals surface area contributed by atoms with Crippen molar-refractivity contribution < 1.29 is 4.79 Å². The minimum absolute atomic E-state index is 0.0226. The summed E-state index contributed by atoms with van der Waals surface area (Å²) in [5.74, 6) is -0.0226. The van der Waals surface area contributed by atoms with Gasteiger partial charge in [0.2, 0.25) is 5.91 Å². The van der Waals surface area contributed by atoms with Crippen molar-refractivity contribution in [2.75, 3.05) is 13.1 Å². The molecule has 1 aliphatic heterocycles. The molecular weight excluding hydrogens is 338 g/mol. The van der Waals surface area contributed by atoms with E-state index in [1.54, 1.807) is 10.9 Å². The fraction of sp³-hybridized carbons (Fsp3) is 0.500. The highest BCUT2D eigenvalue weighted by Gasteiger charge is 2.22. The van der Waals surface area contributed by atoms with Gasteiger partial charge in [-0.25, -0.2) is 4.68 Å². The Kier molecular flexibility index (Phi) is 5.71. The molecule has 7 heteroatoms. The van der Waals surface area contributed by atoms with E-state index >= 15 is 0 Å². The molecule has 0 unspecified atom stereocenters. The largest absolute Gasteiger partial charge is 0.352 e. The average Bonchev–Trinajstić information content (AvgIpc) is 3.03. The zero-order chi connectivity index (χ0) is 17.8. The van der Waals surface area contributed by atoms with E-state index in [-0.39, 0.29) is 18.5 Å². The van der Waals surface area contributed by atoms with Gasteiger partial charge in [-0.3, -0.25) is 4.79 Å². The maximum Gasteiger partial charge on any atom is 0.242 e. The molecule has 1 amide bonds. The molecule has 0 radical (unpaired) electrons. The molecule has 2 heterocycles. The first-order chi connectivity index (χ1) is 12.0. The molecule has 0 atom stereocenters. The van der Waals surface area contributed by atoms with Crippen molar-refractivity contribution >= 4 is 17.5 Å². The molecule has 1 aromatic carbocycles. The van der Waals surface area contributed by atoms with Crippen LogP contribution in [-0.4, -0.2) is 51.0 Å². The van der Waals surface area contributed by atoms with E-state index in [1.165, 1.54) is 0 Å². The summed E-state index contributed by atoms with van der Waals surface area (Å²) in [4.78, 5) is 14.7. The molecule has 1 saturated heterocycles. The summed E-state index contributed by atoms with van der Waals surface area (Å²) >= 11 is 6.00. The van der Waals surface area contributed by atoms with Crippen LogP contribution in [-0.2, 0) is 11.3 Å². The topological polar surface area (TPSA) is 63.1 Å². The Bertz CT molecular complexity index is 722. The van der Waals surface area contributed by atoms with Crippen LogP contribution in [0.2, 0.25) is 5.02 Å². The van der Waals surface area contributed by atoms with Gasteiger partial charge in [0, 0.05) is 35.8 Å². The third-order valence-corrected chi connectivity index (χ3v) is 4.82. The number of nitrogens with zero attached hydrogens (tertiary/aromatic N) is 4. The average molecular weight is 362 g/mol. The predicted molar refractivity (Wildman–Crippen MR) is 98.3 cm³/mol. The molecule has 134 valence electrons. The van der Waals surface area contributed by atoms with Gasteiger partial charge in [0.05, 0.1) is 6.20 Å². The molecular formula is C18H24ClN5O. The smallest absolute Gasteiger partial charge is 0.242 e.